The first-order chi connectivity index (χ1) is 13.2. The molecule has 156 valence electrons. The van der Waals surface area contributed by atoms with Crippen molar-refractivity contribution < 1.29 is 30.8 Å². The Labute approximate surface area is 164 Å². The Bertz CT molecular complexity index is 889. The highest BCUT2D eigenvalue weighted by Gasteiger charge is 2.36. The smallest absolute Gasteiger partial charge is 0.379 e. The van der Waals surface area contributed by atoms with Crippen LogP contribution in [0.4, 0.5) is 13.2 Å². The molecule has 0 aliphatic carbocycles. The third-order valence-electron chi connectivity index (χ3n) is 4.41. The van der Waals surface area contributed by atoms with Crippen LogP contribution in [0.15, 0.2) is 26.9 Å². The SMILES string of the molecule is C[C@H](CCNS(=O)(=O)c1ccc(-c2cc(C(F)(F)F)on2)s1)N1CCOCC1. The van der Waals surface area contributed by atoms with Gasteiger partial charge in [-0.15, -0.1) is 11.3 Å². The van der Waals surface area contributed by atoms with E-state index in [1.165, 1.54) is 12.1 Å². The number of thiophene rings is 1. The van der Waals surface area contributed by atoms with Crippen LogP contribution in [0, 0.1) is 0 Å². The maximum Gasteiger partial charge on any atom is 0.452 e. The minimum Gasteiger partial charge on any atom is -0.379 e. The van der Waals surface area contributed by atoms with Crippen LogP contribution in [0.3, 0.4) is 0 Å². The highest BCUT2D eigenvalue weighted by Crippen LogP contribution is 2.35. The first-order valence-corrected chi connectivity index (χ1v) is 10.9. The van der Waals surface area contributed by atoms with Crippen molar-refractivity contribution >= 4 is 21.4 Å². The Balaban J connectivity index is 1.59. The van der Waals surface area contributed by atoms with Crippen molar-refractivity contribution in [1.29, 1.82) is 0 Å². The minimum absolute atomic E-state index is 0.0121. The number of morpholine rings is 1. The van der Waals surface area contributed by atoms with E-state index < -0.39 is 22.0 Å². The summed E-state index contributed by atoms with van der Waals surface area (Å²) in [7, 11) is -3.75. The van der Waals surface area contributed by atoms with E-state index in [2.05, 4.69) is 19.3 Å². The summed E-state index contributed by atoms with van der Waals surface area (Å²) in [5.74, 6) is -1.23. The standard InChI is InChI=1S/C16H20F3N3O4S2/c1-11(22-6-8-25-9-7-22)4-5-20-28(23,24)15-3-2-13(27-15)12-10-14(26-21-12)16(17,18)19/h2-3,10-11,20H,4-9H2,1H3/t11-/m1/s1. The number of sulfonamides is 1. The predicted octanol–water partition coefficient (Wildman–Crippen LogP) is 2.81. The molecule has 1 saturated heterocycles. The minimum atomic E-state index is -4.64. The molecule has 1 atom stereocenters. The van der Waals surface area contributed by atoms with Gasteiger partial charge in [0.15, 0.2) is 0 Å². The molecule has 12 heteroatoms. The van der Waals surface area contributed by atoms with Crippen molar-refractivity contribution in [2.45, 2.75) is 29.8 Å². The average Bonchev–Trinajstić information content (AvgIpc) is 3.31. The van der Waals surface area contributed by atoms with E-state index in [9.17, 15) is 21.6 Å². The number of alkyl halides is 3. The van der Waals surface area contributed by atoms with E-state index in [0.717, 1.165) is 30.5 Å². The van der Waals surface area contributed by atoms with Crippen molar-refractivity contribution in [3.8, 4) is 10.6 Å². The normalized spacial score (nSPS) is 17.7. The lowest BCUT2D eigenvalue weighted by atomic mass is 10.2. The van der Waals surface area contributed by atoms with Crippen molar-refractivity contribution in [2.75, 3.05) is 32.8 Å². The van der Waals surface area contributed by atoms with Crippen molar-refractivity contribution in [3.63, 3.8) is 0 Å². The lowest BCUT2D eigenvalue weighted by molar-refractivity contribution is -0.155. The monoisotopic (exact) mass is 439 g/mol. The molecule has 7 nitrogen and oxygen atoms in total. The first kappa shape index (κ1) is 21.2. The number of nitrogens with zero attached hydrogens (tertiary/aromatic N) is 2. The molecule has 1 aliphatic heterocycles. The van der Waals surface area contributed by atoms with Crippen LogP contribution in [0.1, 0.15) is 19.1 Å². The molecule has 0 radical (unpaired) electrons. The fourth-order valence-corrected chi connectivity index (χ4v) is 5.15. The lowest BCUT2D eigenvalue weighted by Gasteiger charge is -2.32. The second-order valence-corrected chi connectivity index (χ2v) is 9.45. The van der Waals surface area contributed by atoms with Crippen LogP contribution in [0.25, 0.3) is 10.6 Å². The van der Waals surface area contributed by atoms with Gasteiger partial charge in [-0.1, -0.05) is 5.16 Å². The summed E-state index contributed by atoms with van der Waals surface area (Å²) < 4.78 is 74.8. The number of rotatable bonds is 7. The van der Waals surface area contributed by atoms with Crippen LogP contribution in [0.2, 0.25) is 0 Å². The molecule has 28 heavy (non-hydrogen) atoms. The van der Waals surface area contributed by atoms with Gasteiger partial charge in [0.05, 0.1) is 18.1 Å². The van der Waals surface area contributed by atoms with E-state index in [-0.39, 0.29) is 27.4 Å². The van der Waals surface area contributed by atoms with Gasteiger partial charge in [-0.3, -0.25) is 4.90 Å². The molecular weight excluding hydrogens is 419 g/mol. The summed E-state index contributed by atoms with van der Waals surface area (Å²) in [4.78, 5) is 2.52. The Morgan fingerprint density at radius 3 is 2.68 bits per heavy atom. The number of ether oxygens (including phenoxy) is 1. The van der Waals surface area contributed by atoms with Gasteiger partial charge in [0, 0.05) is 31.7 Å². The highest BCUT2D eigenvalue weighted by molar-refractivity contribution is 7.91. The van der Waals surface area contributed by atoms with Gasteiger partial charge < -0.3 is 9.26 Å². The zero-order valence-corrected chi connectivity index (χ0v) is 16.7. The molecule has 3 rings (SSSR count). The van der Waals surface area contributed by atoms with Crippen molar-refractivity contribution in [2.24, 2.45) is 0 Å². The van der Waals surface area contributed by atoms with Gasteiger partial charge in [-0.05, 0) is 25.5 Å². The second-order valence-electron chi connectivity index (χ2n) is 6.38. The summed E-state index contributed by atoms with van der Waals surface area (Å²) in [5.41, 5.74) is -0.0558. The Morgan fingerprint density at radius 1 is 1.32 bits per heavy atom. The molecule has 0 unspecified atom stereocenters. The topological polar surface area (TPSA) is 84.7 Å². The largest absolute Gasteiger partial charge is 0.452 e. The van der Waals surface area contributed by atoms with Gasteiger partial charge in [-0.25, -0.2) is 13.1 Å². The zero-order valence-electron chi connectivity index (χ0n) is 15.0. The van der Waals surface area contributed by atoms with Gasteiger partial charge in [0.1, 0.15) is 9.90 Å². The molecule has 1 N–H and O–H groups in total. The van der Waals surface area contributed by atoms with Gasteiger partial charge in [0.25, 0.3) is 0 Å². The summed E-state index contributed by atoms with van der Waals surface area (Å²) in [6.45, 7) is 5.28. The Hall–Kier alpha value is -1.47. The average molecular weight is 439 g/mol. The van der Waals surface area contributed by atoms with E-state index in [1.807, 2.05) is 6.92 Å². The first-order valence-electron chi connectivity index (χ1n) is 8.62. The predicted molar refractivity (Wildman–Crippen MR) is 96.5 cm³/mol. The number of nitrogens with one attached hydrogen (secondary N) is 1. The van der Waals surface area contributed by atoms with Crippen LogP contribution < -0.4 is 4.72 Å². The van der Waals surface area contributed by atoms with Crippen molar-refractivity contribution in [3.05, 3.63) is 24.0 Å². The molecule has 3 heterocycles. The van der Waals surface area contributed by atoms with E-state index in [1.54, 1.807) is 0 Å². The molecule has 0 spiro atoms. The van der Waals surface area contributed by atoms with Crippen molar-refractivity contribution in [1.82, 2.24) is 14.8 Å². The van der Waals surface area contributed by atoms with Crippen LogP contribution in [-0.4, -0.2) is 57.4 Å². The molecule has 2 aromatic heterocycles. The number of halogens is 3. The molecular formula is C16H20F3N3O4S2. The van der Waals surface area contributed by atoms with E-state index in [0.29, 0.717) is 19.6 Å². The van der Waals surface area contributed by atoms with Crippen LogP contribution in [0.5, 0.6) is 0 Å². The molecule has 2 aromatic rings. The molecule has 0 aromatic carbocycles. The van der Waals surface area contributed by atoms with E-state index in [4.69, 9.17) is 4.74 Å². The molecule has 0 bridgehead atoms. The van der Waals surface area contributed by atoms with Gasteiger partial charge in [0.2, 0.25) is 15.8 Å². The highest BCUT2D eigenvalue weighted by atomic mass is 32.2. The summed E-state index contributed by atoms with van der Waals surface area (Å²) in [5, 5.41) is 3.37. The molecule has 1 aliphatic rings. The Morgan fingerprint density at radius 2 is 2.04 bits per heavy atom. The third kappa shape index (κ3) is 5.11. The number of hydrogen-bond donors (Lipinski definition) is 1. The maximum absolute atomic E-state index is 12.6. The summed E-state index contributed by atoms with van der Waals surface area (Å²) in [6, 6.07) is 3.71. The second kappa shape index (κ2) is 8.49. The van der Waals surface area contributed by atoms with Crippen LogP contribution in [-0.2, 0) is 20.9 Å². The van der Waals surface area contributed by atoms with E-state index >= 15 is 0 Å². The molecule has 1 fully saturated rings. The number of aromatic nitrogens is 1. The fraction of sp³-hybridized carbons (Fsp3) is 0.562. The summed E-state index contributed by atoms with van der Waals surface area (Å²) in [6.07, 6.45) is -4.01. The fourth-order valence-electron chi connectivity index (χ4n) is 2.80. The quantitative estimate of drug-likeness (QED) is 0.714. The zero-order chi connectivity index (χ0) is 20.4. The van der Waals surface area contributed by atoms with Gasteiger partial charge >= 0.3 is 6.18 Å². The number of hydrogen-bond acceptors (Lipinski definition) is 7. The molecule has 0 amide bonds. The maximum atomic E-state index is 12.6. The van der Waals surface area contributed by atoms with Gasteiger partial charge in [-0.2, -0.15) is 13.2 Å². The Kier molecular flexibility index (Phi) is 6.44. The molecule has 0 saturated carbocycles. The van der Waals surface area contributed by atoms with Crippen LogP contribution >= 0.6 is 11.3 Å². The summed E-state index contributed by atoms with van der Waals surface area (Å²) >= 11 is 0.837. The lowest BCUT2D eigenvalue weighted by Crippen LogP contribution is -2.43. The third-order valence-corrected chi connectivity index (χ3v) is 7.47.